The zero-order valence-electron chi connectivity index (χ0n) is 10.8. The van der Waals surface area contributed by atoms with Gasteiger partial charge in [-0.05, 0) is 37.1 Å². The molecular weight excluding hydrogens is 339 g/mol. The van der Waals surface area contributed by atoms with Gasteiger partial charge in [-0.2, -0.15) is 0 Å². The van der Waals surface area contributed by atoms with Gasteiger partial charge in [0, 0.05) is 4.88 Å². The van der Waals surface area contributed by atoms with E-state index in [1.807, 2.05) is 6.92 Å². The van der Waals surface area contributed by atoms with Crippen LogP contribution in [0.15, 0.2) is 22.4 Å². The normalized spacial score (nSPS) is 11.6. The molecule has 0 bridgehead atoms. The van der Waals surface area contributed by atoms with Crippen molar-refractivity contribution in [2.24, 2.45) is 0 Å². The fourth-order valence-corrected chi connectivity index (χ4v) is 4.66. The van der Waals surface area contributed by atoms with Crippen molar-refractivity contribution in [1.82, 2.24) is 4.98 Å². The predicted octanol–water partition coefficient (Wildman–Crippen LogP) is 4.12. The quantitative estimate of drug-likeness (QED) is 0.843. The van der Waals surface area contributed by atoms with Crippen molar-refractivity contribution in [3.8, 4) is 0 Å². The Morgan fingerprint density at radius 3 is 2.60 bits per heavy atom. The molecule has 0 saturated carbocycles. The molecule has 108 valence electrons. The molecule has 0 saturated heterocycles. The van der Waals surface area contributed by atoms with Crippen molar-refractivity contribution < 1.29 is 8.42 Å². The third kappa shape index (κ3) is 3.25. The van der Waals surface area contributed by atoms with Crippen molar-refractivity contribution in [2.75, 3.05) is 4.72 Å². The summed E-state index contributed by atoms with van der Waals surface area (Å²) < 4.78 is 27.3. The van der Waals surface area contributed by atoms with Gasteiger partial charge < -0.3 is 0 Å². The van der Waals surface area contributed by atoms with Gasteiger partial charge in [-0.1, -0.05) is 30.1 Å². The lowest BCUT2D eigenvalue weighted by atomic mass is 10.3. The van der Waals surface area contributed by atoms with E-state index in [0.29, 0.717) is 5.56 Å². The van der Waals surface area contributed by atoms with Gasteiger partial charge in [0.1, 0.15) is 9.36 Å². The smallest absolute Gasteiger partial charge is 0.271 e. The van der Waals surface area contributed by atoms with Crippen LogP contribution in [0, 0.1) is 6.92 Å². The third-order valence-electron chi connectivity index (χ3n) is 2.63. The molecular formula is C12H12Cl2N2O2S2. The highest BCUT2D eigenvalue weighted by Gasteiger charge is 2.20. The Balaban J connectivity index is 2.38. The standard InChI is InChI=1S/C12H12Cl2N2O2S2/c1-3-8-4-5-10(19-8)20(17,18)16-11-7(2)6-9(13)15-12(11)14/h4-6,16H,3H2,1-2H3. The van der Waals surface area contributed by atoms with Crippen LogP contribution < -0.4 is 4.72 Å². The molecule has 0 spiro atoms. The molecule has 0 aromatic carbocycles. The lowest BCUT2D eigenvalue weighted by Crippen LogP contribution is -2.13. The number of pyridine rings is 1. The van der Waals surface area contributed by atoms with Gasteiger partial charge >= 0.3 is 0 Å². The van der Waals surface area contributed by atoms with Crippen LogP contribution >= 0.6 is 34.5 Å². The van der Waals surface area contributed by atoms with Crippen molar-refractivity contribution in [3.63, 3.8) is 0 Å². The maximum Gasteiger partial charge on any atom is 0.271 e. The van der Waals surface area contributed by atoms with Gasteiger partial charge in [0.05, 0.1) is 5.69 Å². The number of nitrogens with one attached hydrogen (secondary N) is 1. The SMILES string of the molecule is CCc1ccc(S(=O)(=O)Nc2c(C)cc(Cl)nc2Cl)s1. The fourth-order valence-electron chi connectivity index (χ4n) is 1.60. The highest BCUT2D eigenvalue weighted by molar-refractivity contribution is 7.94. The van der Waals surface area contributed by atoms with E-state index < -0.39 is 10.0 Å². The molecule has 1 N–H and O–H groups in total. The molecule has 2 aromatic heterocycles. The second-order valence-electron chi connectivity index (χ2n) is 4.11. The van der Waals surface area contributed by atoms with Crippen LogP contribution in [-0.4, -0.2) is 13.4 Å². The summed E-state index contributed by atoms with van der Waals surface area (Å²) in [5.41, 5.74) is 0.869. The predicted molar refractivity (Wildman–Crippen MR) is 83.5 cm³/mol. The molecule has 0 radical (unpaired) electrons. The summed E-state index contributed by atoms with van der Waals surface area (Å²) in [5, 5.41) is 0.255. The number of nitrogens with zero attached hydrogens (tertiary/aromatic N) is 1. The van der Waals surface area contributed by atoms with Crippen LogP contribution in [-0.2, 0) is 16.4 Å². The molecule has 0 atom stereocenters. The van der Waals surface area contributed by atoms with E-state index in [4.69, 9.17) is 23.2 Å². The molecule has 2 aromatic rings. The topological polar surface area (TPSA) is 59.1 Å². The molecule has 0 unspecified atom stereocenters. The Kier molecular flexibility index (Phi) is 4.59. The number of aromatic nitrogens is 1. The van der Waals surface area contributed by atoms with Gasteiger partial charge in [-0.3, -0.25) is 4.72 Å². The van der Waals surface area contributed by atoms with E-state index in [1.54, 1.807) is 25.1 Å². The molecule has 0 aliphatic carbocycles. The molecule has 20 heavy (non-hydrogen) atoms. The Bertz CT molecular complexity index is 719. The maximum atomic E-state index is 12.3. The minimum atomic E-state index is -3.66. The molecule has 0 aliphatic heterocycles. The zero-order chi connectivity index (χ0) is 14.9. The van der Waals surface area contributed by atoms with E-state index in [9.17, 15) is 8.42 Å². The number of hydrogen-bond donors (Lipinski definition) is 1. The highest BCUT2D eigenvalue weighted by Crippen LogP contribution is 2.30. The first-order valence-corrected chi connectivity index (χ1v) is 8.83. The second-order valence-corrected chi connectivity index (χ2v) is 7.93. The van der Waals surface area contributed by atoms with Crippen LogP contribution in [0.1, 0.15) is 17.4 Å². The summed E-state index contributed by atoms with van der Waals surface area (Å²) >= 11 is 12.9. The van der Waals surface area contributed by atoms with E-state index in [-0.39, 0.29) is 20.2 Å². The first-order valence-electron chi connectivity index (χ1n) is 5.77. The van der Waals surface area contributed by atoms with Crippen molar-refractivity contribution in [3.05, 3.63) is 38.9 Å². The van der Waals surface area contributed by atoms with Gasteiger partial charge in [0.15, 0.2) is 5.15 Å². The average Bonchev–Trinajstić information content (AvgIpc) is 2.83. The van der Waals surface area contributed by atoms with Gasteiger partial charge in [-0.25, -0.2) is 13.4 Å². The van der Waals surface area contributed by atoms with Crippen LogP contribution in [0.2, 0.25) is 10.3 Å². The molecule has 0 amide bonds. The summed E-state index contributed by atoms with van der Waals surface area (Å²) in [6, 6.07) is 4.93. The summed E-state index contributed by atoms with van der Waals surface area (Å²) in [5.74, 6) is 0. The Hall–Kier alpha value is -0.820. The average molecular weight is 351 g/mol. The molecule has 2 heterocycles. The summed E-state index contributed by atoms with van der Waals surface area (Å²) in [7, 11) is -3.66. The van der Waals surface area contributed by atoms with E-state index in [2.05, 4.69) is 9.71 Å². The van der Waals surface area contributed by atoms with E-state index >= 15 is 0 Å². The summed E-state index contributed by atoms with van der Waals surface area (Å²) in [6.07, 6.45) is 0.794. The van der Waals surface area contributed by atoms with Crippen LogP contribution in [0.5, 0.6) is 0 Å². The van der Waals surface area contributed by atoms with Gasteiger partial charge in [-0.15, -0.1) is 11.3 Å². The van der Waals surface area contributed by atoms with Crippen LogP contribution in [0.25, 0.3) is 0 Å². The first kappa shape index (κ1) is 15.6. The maximum absolute atomic E-state index is 12.3. The number of aryl methyl sites for hydroxylation is 2. The summed E-state index contributed by atoms with van der Waals surface area (Å²) in [4.78, 5) is 4.84. The number of rotatable bonds is 4. The van der Waals surface area contributed by atoms with Crippen molar-refractivity contribution in [2.45, 2.75) is 24.5 Å². The lowest BCUT2D eigenvalue weighted by Gasteiger charge is -2.10. The van der Waals surface area contributed by atoms with Crippen molar-refractivity contribution >= 4 is 50.2 Å². The zero-order valence-corrected chi connectivity index (χ0v) is 13.9. The lowest BCUT2D eigenvalue weighted by molar-refractivity contribution is 0.603. The minimum absolute atomic E-state index is 0.0332. The monoisotopic (exact) mass is 350 g/mol. The Labute approximate surface area is 131 Å². The van der Waals surface area contributed by atoms with Crippen LogP contribution in [0.4, 0.5) is 5.69 Å². The second kappa shape index (κ2) is 5.89. The minimum Gasteiger partial charge on any atom is -0.276 e. The Morgan fingerprint density at radius 1 is 1.35 bits per heavy atom. The van der Waals surface area contributed by atoms with Crippen molar-refractivity contribution in [1.29, 1.82) is 0 Å². The number of anilines is 1. The number of halogens is 2. The summed E-state index contributed by atoms with van der Waals surface area (Å²) in [6.45, 7) is 3.68. The van der Waals surface area contributed by atoms with Crippen LogP contribution in [0.3, 0.4) is 0 Å². The Morgan fingerprint density at radius 2 is 2.05 bits per heavy atom. The highest BCUT2D eigenvalue weighted by atomic mass is 35.5. The van der Waals surface area contributed by atoms with E-state index in [1.165, 1.54) is 11.3 Å². The van der Waals surface area contributed by atoms with Gasteiger partial charge in [0.2, 0.25) is 0 Å². The number of hydrogen-bond acceptors (Lipinski definition) is 4. The molecule has 0 fully saturated rings. The number of sulfonamides is 1. The number of thiophene rings is 1. The third-order valence-corrected chi connectivity index (χ3v) is 6.17. The molecule has 4 nitrogen and oxygen atoms in total. The largest absolute Gasteiger partial charge is 0.276 e. The molecule has 8 heteroatoms. The van der Waals surface area contributed by atoms with E-state index in [0.717, 1.165) is 11.3 Å². The molecule has 0 aliphatic rings. The van der Waals surface area contributed by atoms with Gasteiger partial charge in [0.25, 0.3) is 10.0 Å². The fraction of sp³-hybridized carbons (Fsp3) is 0.250. The molecule has 2 rings (SSSR count). The first-order chi connectivity index (χ1) is 9.33.